The third kappa shape index (κ3) is 5.07. The maximum absolute atomic E-state index is 10.6. The minimum absolute atomic E-state index is 0.0521. The van der Waals surface area contributed by atoms with Gasteiger partial charge in [0, 0.05) is 5.88 Å². The predicted molar refractivity (Wildman–Crippen MR) is 44.9 cm³/mol. The lowest BCUT2D eigenvalue weighted by Gasteiger charge is -2.02. The number of carbonyl (C=O) groups is 1. The average molecular weight is 183 g/mol. The number of carbonyl (C=O) groups excluding carboxylic acids is 1. The molecule has 60 valence electrons. The highest BCUT2D eigenvalue weighted by molar-refractivity contribution is 6.30. The van der Waals surface area contributed by atoms with Gasteiger partial charge in [0.05, 0.1) is 5.38 Å². The van der Waals surface area contributed by atoms with Crippen molar-refractivity contribution in [2.45, 2.75) is 31.6 Å². The second kappa shape index (κ2) is 5.99. The monoisotopic (exact) mass is 182 g/mol. The quantitative estimate of drug-likeness (QED) is 0.472. The van der Waals surface area contributed by atoms with E-state index < -0.39 is 0 Å². The first-order valence-corrected chi connectivity index (χ1v) is 4.36. The molecule has 0 aliphatic heterocycles. The number of halogens is 2. The highest BCUT2D eigenvalue weighted by Gasteiger charge is 2.08. The van der Waals surface area contributed by atoms with Crippen molar-refractivity contribution in [3.8, 4) is 0 Å². The first kappa shape index (κ1) is 10.2. The zero-order valence-electron chi connectivity index (χ0n) is 6.07. The molecular formula is C7H12Cl2O. The van der Waals surface area contributed by atoms with Crippen LogP contribution in [-0.4, -0.2) is 17.0 Å². The highest BCUT2D eigenvalue weighted by Crippen LogP contribution is 2.08. The van der Waals surface area contributed by atoms with Crippen LogP contribution in [0.3, 0.4) is 0 Å². The number of ketones is 1. The standard InChI is InChI=1S/C7H12Cl2O/c1-6(10)7(9)4-2-3-5-8/h7H,2-5H2,1H3. The Hall–Kier alpha value is 0.250. The van der Waals surface area contributed by atoms with Gasteiger partial charge in [-0.3, -0.25) is 4.79 Å². The largest absolute Gasteiger partial charge is 0.298 e. The summed E-state index contributed by atoms with van der Waals surface area (Å²) in [7, 11) is 0. The van der Waals surface area contributed by atoms with Crippen molar-refractivity contribution < 1.29 is 4.79 Å². The van der Waals surface area contributed by atoms with Gasteiger partial charge in [0.15, 0.2) is 0 Å². The molecule has 0 aromatic carbocycles. The van der Waals surface area contributed by atoms with Crippen molar-refractivity contribution in [3.05, 3.63) is 0 Å². The summed E-state index contributed by atoms with van der Waals surface area (Å²) in [5, 5.41) is -0.303. The van der Waals surface area contributed by atoms with E-state index in [0.29, 0.717) is 5.88 Å². The lowest BCUT2D eigenvalue weighted by atomic mass is 10.1. The molecule has 3 heteroatoms. The fraction of sp³-hybridized carbons (Fsp3) is 0.857. The molecule has 0 bridgehead atoms. The van der Waals surface area contributed by atoms with E-state index in [4.69, 9.17) is 23.2 Å². The smallest absolute Gasteiger partial charge is 0.147 e. The Kier molecular flexibility index (Phi) is 6.14. The van der Waals surface area contributed by atoms with Crippen molar-refractivity contribution in [2.24, 2.45) is 0 Å². The molecule has 0 heterocycles. The fourth-order valence-electron chi connectivity index (χ4n) is 0.621. The lowest BCUT2D eigenvalue weighted by molar-refractivity contribution is -0.116. The number of rotatable bonds is 5. The van der Waals surface area contributed by atoms with E-state index in [2.05, 4.69) is 0 Å². The first-order chi connectivity index (χ1) is 4.68. The van der Waals surface area contributed by atoms with Crippen LogP contribution in [0.2, 0.25) is 0 Å². The summed E-state index contributed by atoms with van der Waals surface area (Å²) in [6, 6.07) is 0. The minimum atomic E-state index is -0.303. The second-order valence-electron chi connectivity index (χ2n) is 2.26. The molecule has 0 spiro atoms. The molecule has 10 heavy (non-hydrogen) atoms. The summed E-state index contributed by atoms with van der Waals surface area (Å²) in [6.45, 7) is 1.51. The van der Waals surface area contributed by atoms with Crippen molar-refractivity contribution in [2.75, 3.05) is 5.88 Å². The molecule has 0 aliphatic carbocycles. The maximum Gasteiger partial charge on any atom is 0.147 e. The zero-order valence-corrected chi connectivity index (χ0v) is 7.58. The van der Waals surface area contributed by atoms with Crippen LogP contribution in [0.1, 0.15) is 26.2 Å². The van der Waals surface area contributed by atoms with Crippen LogP contribution in [0, 0.1) is 0 Å². The fourth-order valence-corrected chi connectivity index (χ4v) is 0.965. The van der Waals surface area contributed by atoms with Gasteiger partial charge in [0.1, 0.15) is 5.78 Å². The van der Waals surface area contributed by atoms with E-state index in [1.165, 1.54) is 6.92 Å². The topological polar surface area (TPSA) is 17.1 Å². The number of alkyl halides is 2. The molecule has 0 amide bonds. The molecule has 0 aromatic heterocycles. The van der Waals surface area contributed by atoms with Crippen LogP contribution in [0.5, 0.6) is 0 Å². The lowest BCUT2D eigenvalue weighted by Crippen LogP contribution is -2.09. The summed E-state index contributed by atoms with van der Waals surface area (Å²) < 4.78 is 0. The number of hydrogen-bond donors (Lipinski definition) is 0. The second-order valence-corrected chi connectivity index (χ2v) is 3.17. The van der Waals surface area contributed by atoms with Crippen molar-refractivity contribution >= 4 is 29.0 Å². The molecule has 1 atom stereocenters. The molecular weight excluding hydrogens is 171 g/mol. The van der Waals surface area contributed by atoms with Crippen LogP contribution >= 0.6 is 23.2 Å². The molecule has 0 fully saturated rings. The van der Waals surface area contributed by atoms with Gasteiger partial charge in [-0.05, 0) is 19.8 Å². The van der Waals surface area contributed by atoms with Gasteiger partial charge in [0.2, 0.25) is 0 Å². The van der Waals surface area contributed by atoms with Crippen LogP contribution in [0.25, 0.3) is 0 Å². The molecule has 1 unspecified atom stereocenters. The molecule has 0 aliphatic rings. The Morgan fingerprint density at radius 1 is 1.50 bits per heavy atom. The Bertz CT molecular complexity index is 104. The minimum Gasteiger partial charge on any atom is -0.298 e. The van der Waals surface area contributed by atoms with Gasteiger partial charge in [-0.25, -0.2) is 0 Å². The van der Waals surface area contributed by atoms with E-state index in [1.807, 2.05) is 0 Å². The Labute approximate surface area is 71.7 Å². The Balaban J connectivity index is 3.21. The number of hydrogen-bond acceptors (Lipinski definition) is 1. The third-order valence-corrected chi connectivity index (χ3v) is 2.08. The summed E-state index contributed by atoms with van der Waals surface area (Å²) in [4.78, 5) is 10.6. The molecule has 0 rings (SSSR count). The summed E-state index contributed by atoms with van der Waals surface area (Å²) in [5.74, 6) is 0.706. The normalized spacial score (nSPS) is 13.1. The Morgan fingerprint density at radius 3 is 2.50 bits per heavy atom. The van der Waals surface area contributed by atoms with Gasteiger partial charge >= 0.3 is 0 Å². The van der Waals surface area contributed by atoms with Crippen molar-refractivity contribution in [1.82, 2.24) is 0 Å². The summed E-state index contributed by atoms with van der Waals surface area (Å²) in [5.41, 5.74) is 0. The average Bonchev–Trinajstić information content (AvgIpc) is 1.88. The molecule has 0 saturated carbocycles. The van der Waals surface area contributed by atoms with Crippen LogP contribution in [-0.2, 0) is 4.79 Å². The molecule has 0 aromatic rings. The van der Waals surface area contributed by atoms with Crippen LogP contribution in [0.4, 0.5) is 0 Å². The van der Waals surface area contributed by atoms with Gasteiger partial charge < -0.3 is 0 Å². The Morgan fingerprint density at radius 2 is 2.10 bits per heavy atom. The van der Waals surface area contributed by atoms with Crippen molar-refractivity contribution in [1.29, 1.82) is 0 Å². The highest BCUT2D eigenvalue weighted by atomic mass is 35.5. The van der Waals surface area contributed by atoms with E-state index in [1.54, 1.807) is 0 Å². The maximum atomic E-state index is 10.6. The molecule has 1 nitrogen and oxygen atoms in total. The summed E-state index contributed by atoms with van der Waals surface area (Å²) >= 11 is 11.1. The predicted octanol–water partition coefficient (Wildman–Crippen LogP) is 2.59. The number of unbranched alkanes of at least 4 members (excludes halogenated alkanes) is 1. The molecule has 0 N–H and O–H groups in total. The van der Waals surface area contributed by atoms with E-state index in [9.17, 15) is 4.79 Å². The third-order valence-electron chi connectivity index (χ3n) is 1.28. The van der Waals surface area contributed by atoms with Gasteiger partial charge in [-0.2, -0.15) is 0 Å². The van der Waals surface area contributed by atoms with Gasteiger partial charge in [-0.15, -0.1) is 23.2 Å². The van der Waals surface area contributed by atoms with E-state index in [-0.39, 0.29) is 11.2 Å². The molecule has 0 saturated heterocycles. The zero-order chi connectivity index (χ0) is 7.98. The van der Waals surface area contributed by atoms with E-state index >= 15 is 0 Å². The SMILES string of the molecule is CC(=O)C(Cl)CCCCCl. The summed E-state index contributed by atoms with van der Waals surface area (Å²) in [6.07, 6.45) is 2.64. The van der Waals surface area contributed by atoms with E-state index in [0.717, 1.165) is 19.3 Å². The van der Waals surface area contributed by atoms with Crippen LogP contribution in [0.15, 0.2) is 0 Å². The van der Waals surface area contributed by atoms with Crippen LogP contribution < -0.4 is 0 Å². The first-order valence-electron chi connectivity index (χ1n) is 3.39. The molecule has 0 radical (unpaired) electrons. The van der Waals surface area contributed by atoms with Gasteiger partial charge in [0.25, 0.3) is 0 Å². The van der Waals surface area contributed by atoms with Gasteiger partial charge in [-0.1, -0.05) is 6.42 Å². The van der Waals surface area contributed by atoms with Crippen molar-refractivity contribution in [3.63, 3.8) is 0 Å². The number of Topliss-reactive ketones (excluding diaryl/α,β-unsaturated/α-hetero) is 1.